The van der Waals surface area contributed by atoms with Crippen LogP contribution in [0.25, 0.3) is 6.08 Å². The summed E-state index contributed by atoms with van der Waals surface area (Å²) in [5.41, 5.74) is 2.35. The molecule has 5 rings (SSSR count). The van der Waals surface area contributed by atoms with E-state index in [0.29, 0.717) is 38.7 Å². The molecular weight excluding hydrogens is 564 g/mol. The number of amides is 2. The number of halogens is 1. The summed E-state index contributed by atoms with van der Waals surface area (Å²) in [6, 6.07) is 20.1. The number of ether oxygens (including phenoxy) is 3. The summed E-state index contributed by atoms with van der Waals surface area (Å²) < 4.78 is 17.8. The highest BCUT2D eigenvalue weighted by atomic mass is 79.9. The largest absolute Gasteiger partial charge is 0.484 e. The van der Waals surface area contributed by atoms with E-state index in [-0.39, 0.29) is 25.2 Å². The normalized spacial score (nSPS) is 15.5. The number of nitrogens with one attached hydrogen (secondary N) is 1. The number of hydrogen-bond donors (Lipinski definition) is 1. The van der Waals surface area contributed by atoms with E-state index in [2.05, 4.69) is 21.2 Å². The van der Waals surface area contributed by atoms with E-state index in [0.717, 1.165) is 15.6 Å². The number of benzene rings is 3. The highest BCUT2D eigenvalue weighted by Crippen LogP contribution is 2.36. The van der Waals surface area contributed by atoms with E-state index in [4.69, 9.17) is 26.4 Å². The fourth-order valence-electron chi connectivity index (χ4n) is 3.58. The lowest BCUT2D eigenvalue weighted by Gasteiger charge is -2.14. The maximum absolute atomic E-state index is 13.1. The first-order valence-electron chi connectivity index (χ1n) is 10.9. The molecule has 2 heterocycles. The molecule has 0 aliphatic carbocycles. The summed E-state index contributed by atoms with van der Waals surface area (Å²) in [4.78, 5) is 27.4. The average Bonchev–Trinajstić information content (AvgIpc) is 3.44. The van der Waals surface area contributed by atoms with Gasteiger partial charge in [0.25, 0.3) is 11.8 Å². The molecule has 1 fully saturated rings. The molecule has 2 amide bonds. The third-order valence-electron chi connectivity index (χ3n) is 5.31. The van der Waals surface area contributed by atoms with Gasteiger partial charge in [-0.25, -0.2) is 0 Å². The van der Waals surface area contributed by atoms with Crippen LogP contribution in [0, 0.1) is 0 Å². The van der Waals surface area contributed by atoms with Crippen LogP contribution in [0.2, 0.25) is 0 Å². The second-order valence-electron chi connectivity index (χ2n) is 7.87. The number of hydrogen-bond acceptors (Lipinski definition) is 7. The number of fused-ring (bicyclic) bond motifs is 1. The number of carbonyl (C=O) groups excluding carboxylic acids is 2. The Labute approximate surface area is 225 Å². The van der Waals surface area contributed by atoms with E-state index >= 15 is 0 Å². The lowest BCUT2D eigenvalue weighted by molar-refractivity contribution is -0.122. The molecule has 3 aromatic rings. The van der Waals surface area contributed by atoms with Crippen LogP contribution >= 0.6 is 39.9 Å². The van der Waals surface area contributed by atoms with Crippen LogP contribution in [0.1, 0.15) is 11.1 Å². The minimum absolute atomic E-state index is 0.142. The van der Waals surface area contributed by atoms with Crippen molar-refractivity contribution in [2.75, 3.05) is 18.7 Å². The number of carbonyl (C=O) groups is 2. The molecule has 0 aromatic heterocycles. The number of anilines is 1. The molecule has 0 unspecified atom stereocenters. The van der Waals surface area contributed by atoms with Crippen LogP contribution in [0.4, 0.5) is 5.69 Å². The first-order chi connectivity index (χ1) is 17.4. The minimum atomic E-state index is -0.271. The third-order valence-corrected chi connectivity index (χ3v) is 7.21. The van der Waals surface area contributed by atoms with Gasteiger partial charge in [-0.3, -0.25) is 14.5 Å². The van der Waals surface area contributed by atoms with Gasteiger partial charge < -0.3 is 19.5 Å². The van der Waals surface area contributed by atoms with Crippen molar-refractivity contribution in [1.29, 1.82) is 0 Å². The van der Waals surface area contributed by atoms with Gasteiger partial charge in [0.15, 0.2) is 18.1 Å². The van der Waals surface area contributed by atoms with Crippen molar-refractivity contribution in [2.45, 2.75) is 6.54 Å². The van der Waals surface area contributed by atoms with E-state index in [1.165, 1.54) is 11.8 Å². The molecule has 2 aliphatic rings. The van der Waals surface area contributed by atoms with Crippen LogP contribution in [0.15, 0.2) is 76.1 Å². The van der Waals surface area contributed by atoms with Gasteiger partial charge in [0.2, 0.25) is 6.79 Å². The lowest BCUT2D eigenvalue weighted by atomic mass is 10.1. The molecule has 36 heavy (non-hydrogen) atoms. The first kappa shape index (κ1) is 24.4. The monoisotopic (exact) mass is 582 g/mol. The Morgan fingerprint density at radius 1 is 1.11 bits per heavy atom. The van der Waals surface area contributed by atoms with Crippen molar-refractivity contribution < 1.29 is 23.8 Å². The quantitative estimate of drug-likeness (QED) is 0.287. The van der Waals surface area contributed by atoms with E-state index in [1.54, 1.807) is 41.3 Å². The molecule has 0 radical (unpaired) electrons. The van der Waals surface area contributed by atoms with Crippen molar-refractivity contribution >= 4 is 67.8 Å². The summed E-state index contributed by atoms with van der Waals surface area (Å²) in [5, 5.41) is 2.78. The molecule has 10 heteroatoms. The average molecular weight is 583 g/mol. The molecule has 0 spiro atoms. The second-order valence-corrected chi connectivity index (χ2v) is 10.5. The second kappa shape index (κ2) is 10.7. The summed E-state index contributed by atoms with van der Waals surface area (Å²) in [6.07, 6.45) is 1.77. The molecule has 182 valence electrons. The van der Waals surface area contributed by atoms with Crippen LogP contribution in [0.5, 0.6) is 17.2 Å². The number of nitrogens with zero attached hydrogens (tertiary/aromatic N) is 1. The van der Waals surface area contributed by atoms with Crippen LogP contribution in [-0.4, -0.2) is 34.4 Å². The molecule has 0 atom stereocenters. The van der Waals surface area contributed by atoms with Crippen LogP contribution in [-0.2, 0) is 16.1 Å². The first-order valence-corrected chi connectivity index (χ1v) is 12.9. The fourth-order valence-corrected chi connectivity index (χ4v) is 5.10. The predicted molar refractivity (Wildman–Crippen MR) is 146 cm³/mol. The standard InChI is InChI=1S/C26H19BrN2O5S2/c27-18-5-7-19(8-6-18)28-24(30)14-32-20-3-1-2-16(10-20)12-23-25(31)29(26(35)36-23)13-17-4-9-21-22(11-17)34-15-33-21/h1-12H,13-15H2,(H,28,30)/b23-12-. The summed E-state index contributed by atoms with van der Waals surface area (Å²) >= 11 is 10.1. The Morgan fingerprint density at radius 2 is 1.92 bits per heavy atom. The van der Waals surface area contributed by atoms with Crippen molar-refractivity contribution in [2.24, 2.45) is 0 Å². The number of rotatable bonds is 7. The van der Waals surface area contributed by atoms with Crippen molar-refractivity contribution in [1.82, 2.24) is 4.90 Å². The third kappa shape index (κ3) is 5.72. The zero-order valence-corrected chi connectivity index (χ0v) is 22.0. The maximum atomic E-state index is 13.1. The lowest BCUT2D eigenvalue weighted by Crippen LogP contribution is -2.27. The Morgan fingerprint density at radius 3 is 2.75 bits per heavy atom. The number of thiocarbonyl (C=S) groups is 1. The van der Waals surface area contributed by atoms with Gasteiger partial charge in [0.1, 0.15) is 10.1 Å². The molecule has 7 nitrogen and oxygen atoms in total. The zero-order valence-electron chi connectivity index (χ0n) is 18.7. The Hall–Kier alpha value is -3.34. The molecule has 1 N–H and O–H groups in total. The van der Waals surface area contributed by atoms with Crippen molar-refractivity contribution in [3.8, 4) is 17.2 Å². The van der Waals surface area contributed by atoms with Gasteiger partial charge in [-0.15, -0.1) is 0 Å². The molecule has 0 saturated carbocycles. The van der Waals surface area contributed by atoms with E-state index < -0.39 is 0 Å². The highest BCUT2D eigenvalue weighted by molar-refractivity contribution is 9.10. The molecule has 1 saturated heterocycles. The van der Waals surface area contributed by atoms with Gasteiger partial charge in [0, 0.05) is 10.2 Å². The highest BCUT2D eigenvalue weighted by Gasteiger charge is 2.32. The van der Waals surface area contributed by atoms with Gasteiger partial charge in [-0.2, -0.15) is 0 Å². The Kier molecular flexibility index (Phi) is 7.26. The van der Waals surface area contributed by atoms with Crippen molar-refractivity contribution in [3.63, 3.8) is 0 Å². The zero-order chi connectivity index (χ0) is 25.1. The van der Waals surface area contributed by atoms with Gasteiger partial charge in [0.05, 0.1) is 11.4 Å². The molecule has 3 aromatic carbocycles. The van der Waals surface area contributed by atoms with E-state index in [9.17, 15) is 9.59 Å². The smallest absolute Gasteiger partial charge is 0.266 e. The minimum Gasteiger partial charge on any atom is -0.484 e. The summed E-state index contributed by atoms with van der Waals surface area (Å²) in [6.45, 7) is 0.396. The maximum Gasteiger partial charge on any atom is 0.266 e. The van der Waals surface area contributed by atoms with E-state index in [1.807, 2.05) is 36.4 Å². The SMILES string of the molecule is O=C(COc1cccc(/C=C2\SC(=S)N(Cc3ccc4c(c3)OCO4)C2=O)c1)Nc1ccc(Br)cc1. The van der Waals surface area contributed by atoms with Crippen molar-refractivity contribution in [3.05, 3.63) is 87.2 Å². The van der Waals surface area contributed by atoms with Gasteiger partial charge >= 0.3 is 0 Å². The predicted octanol–water partition coefficient (Wildman–Crippen LogP) is 5.60. The van der Waals surface area contributed by atoms with Crippen LogP contribution < -0.4 is 19.5 Å². The molecule has 2 aliphatic heterocycles. The molecular formula is C26H19BrN2O5S2. The van der Waals surface area contributed by atoms with Crippen LogP contribution in [0.3, 0.4) is 0 Å². The summed E-state index contributed by atoms with van der Waals surface area (Å²) in [5.74, 6) is 1.44. The molecule has 0 bridgehead atoms. The summed E-state index contributed by atoms with van der Waals surface area (Å²) in [7, 11) is 0. The van der Waals surface area contributed by atoms with Gasteiger partial charge in [-0.05, 0) is 65.7 Å². The van der Waals surface area contributed by atoms with Gasteiger partial charge in [-0.1, -0.05) is 58.1 Å². The Balaban J connectivity index is 1.21. The topological polar surface area (TPSA) is 77.1 Å². The fraction of sp³-hybridized carbons (Fsp3) is 0.115. The Bertz CT molecular complexity index is 1380. The number of thioether (sulfide) groups is 1.